The van der Waals surface area contributed by atoms with Crippen molar-refractivity contribution in [3.63, 3.8) is 0 Å². The highest BCUT2D eigenvalue weighted by molar-refractivity contribution is 6.32. The number of benzene rings is 2. The van der Waals surface area contributed by atoms with Crippen molar-refractivity contribution in [1.29, 1.82) is 0 Å². The zero-order valence-electron chi connectivity index (χ0n) is 12.8. The molecule has 1 aliphatic heterocycles. The molecule has 1 atom stereocenters. The van der Waals surface area contributed by atoms with E-state index >= 15 is 0 Å². The number of nitrogens with zero attached hydrogens (tertiary/aromatic N) is 1. The topological polar surface area (TPSA) is 51.2 Å². The number of para-hydroxylation sites is 1. The van der Waals surface area contributed by atoms with E-state index in [0.29, 0.717) is 22.7 Å². The predicted octanol–water partition coefficient (Wildman–Crippen LogP) is 4.14. The van der Waals surface area contributed by atoms with Crippen LogP contribution in [0.2, 0.25) is 5.02 Å². The third kappa shape index (κ3) is 2.69. The largest absolute Gasteiger partial charge is 0.493 e. The number of nitrogens with one attached hydrogen (secondary N) is 1. The van der Waals surface area contributed by atoms with Crippen LogP contribution in [0.25, 0.3) is 10.9 Å². The van der Waals surface area contributed by atoms with Gasteiger partial charge in [-0.25, -0.2) is 0 Å². The second kappa shape index (κ2) is 6.13. The van der Waals surface area contributed by atoms with Gasteiger partial charge in [-0.2, -0.15) is 0 Å². The van der Waals surface area contributed by atoms with Crippen LogP contribution in [0.5, 0.6) is 5.75 Å². The van der Waals surface area contributed by atoms with E-state index in [1.165, 1.54) is 0 Å². The van der Waals surface area contributed by atoms with Crippen LogP contribution in [0.1, 0.15) is 28.4 Å². The second-order valence-electron chi connectivity index (χ2n) is 5.73. The van der Waals surface area contributed by atoms with Gasteiger partial charge in [0.05, 0.1) is 23.7 Å². The summed E-state index contributed by atoms with van der Waals surface area (Å²) in [6.07, 6.45) is 2.41. The monoisotopic (exact) mass is 338 g/mol. The first-order valence-corrected chi connectivity index (χ1v) is 8.17. The van der Waals surface area contributed by atoms with Gasteiger partial charge in [-0.1, -0.05) is 35.9 Å². The molecule has 0 radical (unpaired) electrons. The smallest absolute Gasteiger partial charge is 0.254 e. The third-order valence-corrected chi connectivity index (χ3v) is 4.40. The van der Waals surface area contributed by atoms with E-state index in [4.69, 9.17) is 16.3 Å². The van der Waals surface area contributed by atoms with E-state index in [1.807, 2.05) is 42.5 Å². The molecule has 0 aliphatic carbocycles. The van der Waals surface area contributed by atoms with E-state index in [-0.39, 0.29) is 11.9 Å². The molecule has 0 saturated heterocycles. The maximum atomic E-state index is 12.8. The average Bonchev–Trinajstić information content (AvgIpc) is 2.61. The molecule has 1 aliphatic rings. The van der Waals surface area contributed by atoms with Crippen LogP contribution >= 0.6 is 11.6 Å². The number of fused-ring (bicyclic) bond motifs is 2. The van der Waals surface area contributed by atoms with Crippen LogP contribution in [0.3, 0.4) is 0 Å². The van der Waals surface area contributed by atoms with Crippen molar-refractivity contribution >= 4 is 28.4 Å². The third-order valence-electron chi connectivity index (χ3n) is 4.18. The molecule has 1 aromatic heterocycles. The average molecular weight is 339 g/mol. The van der Waals surface area contributed by atoms with Crippen molar-refractivity contribution < 1.29 is 9.53 Å². The van der Waals surface area contributed by atoms with Crippen molar-refractivity contribution in [2.24, 2.45) is 0 Å². The van der Waals surface area contributed by atoms with Crippen LogP contribution in [-0.2, 0) is 0 Å². The fourth-order valence-corrected chi connectivity index (χ4v) is 3.28. The molecule has 1 amide bonds. The Morgan fingerprint density at radius 3 is 3.00 bits per heavy atom. The Hall–Kier alpha value is -2.59. The second-order valence-corrected chi connectivity index (χ2v) is 6.17. The molecule has 1 unspecified atom stereocenters. The maximum absolute atomic E-state index is 12.8. The molecule has 2 heterocycles. The summed E-state index contributed by atoms with van der Waals surface area (Å²) in [6, 6.07) is 14.9. The lowest BCUT2D eigenvalue weighted by Crippen LogP contribution is -2.32. The van der Waals surface area contributed by atoms with Crippen LogP contribution in [0, 0.1) is 0 Å². The molecule has 0 bridgehead atoms. The molecule has 24 heavy (non-hydrogen) atoms. The Morgan fingerprint density at radius 2 is 2.08 bits per heavy atom. The van der Waals surface area contributed by atoms with Gasteiger partial charge < -0.3 is 10.1 Å². The zero-order valence-corrected chi connectivity index (χ0v) is 13.6. The van der Waals surface area contributed by atoms with Crippen molar-refractivity contribution in [2.75, 3.05) is 6.61 Å². The lowest BCUT2D eigenvalue weighted by Gasteiger charge is -2.26. The Labute approximate surface area is 144 Å². The first-order valence-electron chi connectivity index (χ1n) is 7.79. The SMILES string of the molecule is O=C(NC1CCOc2ccccc21)c1cc(Cl)cc2cccnc12. The molecular weight excluding hydrogens is 324 g/mol. The summed E-state index contributed by atoms with van der Waals surface area (Å²) >= 11 is 6.16. The summed E-state index contributed by atoms with van der Waals surface area (Å²) < 4.78 is 5.65. The number of ether oxygens (including phenoxy) is 1. The molecule has 0 spiro atoms. The standard InChI is InChI=1S/C19H15ClN2O2/c20-13-10-12-4-3-8-21-18(12)15(11-13)19(23)22-16-7-9-24-17-6-2-1-5-14(16)17/h1-6,8,10-11,16H,7,9H2,(H,22,23). The Balaban J connectivity index is 1.69. The highest BCUT2D eigenvalue weighted by Gasteiger charge is 2.24. The highest BCUT2D eigenvalue weighted by Crippen LogP contribution is 2.32. The summed E-state index contributed by atoms with van der Waals surface area (Å²) in [4.78, 5) is 17.2. The van der Waals surface area contributed by atoms with Crippen LogP contribution in [0.15, 0.2) is 54.7 Å². The number of pyridine rings is 1. The first kappa shape index (κ1) is 15.0. The quantitative estimate of drug-likeness (QED) is 0.764. The Morgan fingerprint density at radius 1 is 1.21 bits per heavy atom. The Kier molecular flexibility index (Phi) is 3.82. The van der Waals surface area contributed by atoms with Crippen LogP contribution in [-0.4, -0.2) is 17.5 Å². The van der Waals surface area contributed by atoms with E-state index in [0.717, 1.165) is 23.1 Å². The fourth-order valence-electron chi connectivity index (χ4n) is 3.06. The lowest BCUT2D eigenvalue weighted by molar-refractivity contribution is 0.0926. The van der Waals surface area contributed by atoms with Gasteiger partial charge >= 0.3 is 0 Å². The van der Waals surface area contributed by atoms with Crippen molar-refractivity contribution in [3.8, 4) is 5.75 Å². The van der Waals surface area contributed by atoms with Gasteiger partial charge in [-0.05, 0) is 24.3 Å². The normalized spacial score (nSPS) is 16.3. The number of hydrogen-bond donors (Lipinski definition) is 1. The van der Waals surface area contributed by atoms with Gasteiger partial charge in [0.1, 0.15) is 5.75 Å². The minimum atomic E-state index is -0.178. The van der Waals surface area contributed by atoms with Crippen LogP contribution in [0.4, 0.5) is 0 Å². The number of aromatic nitrogens is 1. The van der Waals surface area contributed by atoms with Gasteiger partial charge in [0.25, 0.3) is 5.91 Å². The molecule has 2 aromatic carbocycles. The molecule has 120 valence electrons. The van der Waals surface area contributed by atoms with Crippen LogP contribution < -0.4 is 10.1 Å². The molecule has 0 fully saturated rings. The number of halogens is 1. The summed E-state index contributed by atoms with van der Waals surface area (Å²) in [5.74, 6) is 0.644. The Bertz CT molecular complexity index is 926. The highest BCUT2D eigenvalue weighted by atomic mass is 35.5. The van der Waals surface area contributed by atoms with Gasteiger partial charge in [0.15, 0.2) is 0 Å². The molecule has 0 saturated carbocycles. The number of rotatable bonds is 2. The maximum Gasteiger partial charge on any atom is 0.254 e. The van der Waals surface area contributed by atoms with Gasteiger partial charge in [-0.3, -0.25) is 9.78 Å². The van der Waals surface area contributed by atoms with Gasteiger partial charge in [0.2, 0.25) is 0 Å². The molecule has 4 nitrogen and oxygen atoms in total. The van der Waals surface area contributed by atoms with E-state index in [2.05, 4.69) is 10.3 Å². The van der Waals surface area contributed by atoms with E-state index in [1.54, 1.807) is 12.3 Å². The fraction of sp³-hybridized carbons (Fsp3) is 0.158. The lowest BCUT2D eigenvalue weighted by atomic mass is 10.00. The number of carbonyl (C=O) groups excluding carboxylic acids is 1. The number of hydrogen-bond acceptors (Lipinski definition) is 3. The van der Waals surface area contributed by atoms with Crippen molar-refractivity contribution in [3.05, 3.63) is 70.9 Å². The van der Waals surface area contributed by atoms with Crippen molar-refractivity contribution in [1.82, 2.24) is 10.3 Å². The van der Waals surface area contributed by atoms with Gasteiger partial charge in [-0.15, -0.1) is 0 Å². The first-order chi connectivity index (χ1) is 11.7. The van der Waals surface area contributed by atoms with E-state index < -0.39 is 0 Å². The van der Waals surface area contributed by atoms with Crippen molar-refractivity contribution in [2.45, 2.75) is 12.5 Å². The summed E-state index contributed by atoms with van der Waals surface area (Å²) in [5.41, 5.74) is 2.14. The molecule has 5 heteroatoms. The summed E-state index contributed by atoms with van der Waals surface area (Å²) in [6.45, 7) is 0.580. The predicted molar refractivity (Wildman–Crippen MR) is 93.5 cm³/mol. The number of carbonyl (C=O) groups is 1. The molecular formula is C19H15ClN2O2. The summed E-state index contributed by atoms with van der Waals surface area (Å²) in [5, 5.41) is 4.46. The molecule has 4 rings (SSSR count). The minimum Gasteiger partial charge on any atom is -0.493 e. The number of amides is 1. The van der Waals surface area contributed by atoms with E-state index in [9.17, 15) is 4.79 Å². The summed E-state index contributed by atoms with van der Waals surface area (Å²) in [7, 11) is 0. The zero-order chi connectivity index (χ0) is 16.5. The molecule has 3 aromatic rings. The van der Waals surface area contributed by atoms with Gasteiger partial charge in [0, 0.05) is 28.6 Å². The molecule has 1 N–H and O–H groups in total. The minimum absolute atomic E-state index is 0.0832.